The zero-order valence-corrected chi connectivity index (χ0v) is 16.5. The Morgan fingerprint density at radius 3 is 1.97 bits per heavy atom. The summed E-state index contributed by atoms with van der Waals surface area (Å²) in [6, 6.07) is 9.56. The minimum atomic E-state index is -1.63. The van der Waals surface area contributed by atoms with Crippen molar-refractivity contribution in [3.8, 4) is 0 Å². The summed E-state index contributed by atoms with van der Waals surface area (Å²) in [5, 5.41) is 12.1. The summed E-state index contributed by atoms with van der Waals surface area (Å²) in [6.07, 6.45) is 0. The predicted molar refractivity (Wildman–Crippen MR) is 104 cm³/mol. The van der Waals surface area contributed by atoms with E-state index >= 15 is 0 Å². The van der Waals surface area contributed by atoms with E-state index in [1.165, 1.54) is 36.4 Å². The fourth-order valence-electron chi connectivity index (χ4n) is 2.66. The number of ketones is 1. The van der Waals surface area contributed by atoms with Gasteiger partial charge in [-0.05, 0) is 44.2 Å². The van der Waals surface area contributed by atoms with Crippen LogP contribution in [0, 0.1) is 10.1 Å². The van der Waals surface area contributed by atoms with Crippen LogP contribution in [-0.2, 0) is 19.1 Å². The van der Waals surface area contributed by atoms with E-state index in [-0.39, 0.29) is 29.9 Å². The van der Waals surface area contributed by atoms with E-state index in [0.717, 1.165) is 6.07 Å². The molecule has 0 spiro atoms. The molecule has 2 aromatic carbocycles. The first-order valence-corrected chi connectivity index (χ1v) is 9.09. The van der Waals surface area contributed by atoms with Gasteiger partial charge < -0.3 is 9.47 Å². The summed E-state index contributed by atoms with van der Waals surface area (Å²) in [5.41, 5.74) is -0.464. The first-order valence-electron chi connectivity index (χ1n) is 8.72. The SMILES string of the molecule is CCOC(=O)C(C(=O)OCC)c1ccc(C(=O)c2ccc(Cl)cc2)cc1[N+](=O)[O-]. The Morgan fingerprint density at radius 1 is 0.966 bits per heavy atom. The lowest BCUT2D eigenvalue weighted by atomic mass is 9.94. The molecule has 0 saturated carbocycles. The van der Waals surface area contributed by atoms with Crippen LogP contribution in [0.15, 0.2) is 42.5 Å². The number of carbonyl (C=O) groups is 3. The van der Waals surface area contributed by atoms with Gasteiger partial charge in [0, 0.05) is 22.2 Å². The van der Waals surface area contributed by atoms with E-state index in [1.807, 2.05) is 0 Å². The number of benzene rings is 2. The Morgan fingerprint density at radius 2 is 1.48 bits per heavy atom. The lowest BCUT2D eigenvalue weighted by molar-refractivity contribution is -0.385. The van der Waals surface area contributed by atoms with Crippen LogP contribution in [0.2, 0.25) is 5.02 Å². The summed E-state index contributed by atoms with van der Waals surface area (Å²) in [6.45, 7) is 3.05. The molecule has 0 N–H and O–H groups in total. The van der Waals surface area contributed by atoms with Gasteiger partial charge in [-0.25, -0.2) is 0 Å². The molecule has 152 valence electrons. The molecule has 0 amide bonds. The lowest BCUT2D eigenvalue weighted by Crippen LogP contribution is -2.27. The van der Waals surface area contributed by atoms with Crippen LogP contribution in [-0.4, -0.2) is 35.9 Å². The van der Waals surface area contributed by atoms with Gasteiger partial charge >= 0.3 is 11.9 Å². The van der Waals surface area contributed by atoms with Crippen LogP contribution >= 0.6 is 11.6 Å². The Bertz CT molecular complexity index is 922. The minimum Gasteiger partial charge on any atom is -0.465 e. The number of hydrogen-bond donors (Lipinski definition) is 0. The molecule has 0 unspecified atom stereocenters. The van der Waals surface area contributed by atoms with Gasteiger partial charge in [0.1, 0.15) is 0 Å². The summed E-state index contributed by atoms with van der Waals surface area (Å²) in [4.78, 5) is 48.1. The van der Waals surface area contributed by atoms with Gasteiger partial charge in [-0.1, -0.05) is 17.7 Å². The van der Waals surface area contributed by atoms with E-state index in [2.05, 4.69) is 0 Å². The van der Waals surface area contributed by atoms with E-state index in [0.29, 0.717) is 5.02 Å². The monoisotopic (exact) mass is 419 g/mol. The van der Waals surface area contributed by atoms with E-state index in [9.17, 15) is 24.5 Å². The highest BCUT2D eigenvalue weighted by Gasteiger charge is 2.37. The molecule has 29 heavy (non-hydrogen) atoms. The maximum absolute atomic E-state index is 12.6. The number of hydrogen-bond acceptors (Lipinski definition) is 7. The highest BCUT2D eigenvalue weighted by Crippen LogP contribution is 2.31. The summed E-state index contributed by atoms with van der Waals surface area (Å²) in [5.74, 6) is -4.04. The molecule has 9 heteroatoms. The lowest BCUT2D eigenvalue weighted by Gasteiger charge is -2.15. The van der Waals surface area contributed by atoms with Gasteiger partial charge in [-0.3, -0.25) is 24.5 Å². The number of nitro groups is 1. The molecule has 0 heterocycles. The van der Waals surface area contributed by atoms with Crippen molar-refractivity contribution >= 4 is 35.0 Å². The molecule has 2 aromatic rings. The van der Waals surface area contributed by atoms with Gasteiger partial charge in [0.05, 0.1) is 23.7 Å². The quantitative estimate of drug-likeness (QED) is 0.211. The molecule has 0 atom stereocenters. The van der Waals surface area contributed by atoms with Crippen molar-refractivity contribution < 1.29 is 28.8 Å². The number of ether oxygens (including phenoxy) is 2. The van der Waals surface area contributed by atoms with Gasteiger partial charge in [0.25, 0.3) is 5.69 Å². The second-order valence-electron chi connectivity index (χ2n) is 5.80. The first kappa shape index (κ1) is 22.0. The van der Waals surface area contributed by atoms with Crippen molar-refractivity contribution in [3.05, 3.63) is 74.3 Å². The molecule has 0 fully saturated rings. The summed E-state index contributed by atoms with van der Waals surface area (Å²) in [7, 11) is 0. The molecular weight excluding hydrogens is 402 g/mol. The molecular formula is C20H18ClNO7. The van der Waals surface area contributed by atoms with Crippen molar-refractivity contribution in [2.45, 2.75) is 19.8 Å². The fourth-order valence-corrected chi connectivity index (χ4v) is 2.78. The maximum Gasteiger partial charge on any atom is 0.325 e. The van der Waals surface area contributed by atoms with Crippen LogP contribution in [0.4, 0.5) is 5.69 Å². The largest absolute Gasteiger partial charge is 0.465 e. The fraction of sp³-hybridized carbons (Fsp3) is 0.250. The number of halogens is 1. The minimum absolute atomic E-state index is 0.0182. The van der Waals surface area contributed by atoms with Crippen molar-refractivity contribution in [2.24, 2.45) is 0 Å². The number of rotatable bonds is 8. The Labute approximate surface area is 171 Å². The third-order valence-electron chi connectivity index (χ3n) is 3.95. The molecule has 0 radical (unpaired) electrons. The number of esters is 2. The summed E-state index contributed by atoms with van der Waals surface area (Å²) >= 11 is 5.81. The second-order valence-corrected chi connectivity index (χ2v) is 6.24. The zero-order chi connectivity index (χ0) is 21.6. The highest BCUT2D eigenvalue weighted by atomic mass is 35.5. The number of carbonyl (C=O) groups excluding carboxylic acids is 3. The van der Waals surface area contributed by atoms with Gasteiger partial charge in [0.15, 0.2) is 11.7 Å². The zero-order valence-electron chi connectivity index (χ0n) is 15.7. The molecule has 0 aromatic heterocycles. The van der Waals surface area contributed by atoms with Gasteiger partial charge in [-0.2, -0.15) is 0 Å². The third-order valence-corrected chi connectivity index (χ3v) is 4.20. The Hall–Kier alpha value is -3.26. The Balaban J connectivity index is 2.52. The van der Waals surface area contributed by atoms with Crippen molar-refractivity contribution in [1.29, 1.82) is 0 Å². The number of nitro benzene ring substituents is 1. The standard InChI is InChI=1S/C20H18ClNO7/c1-3-28-19(24)17(20(25)29-4-2)15-10-7-13(11-16(15)22(26)27)18(23)12-5-8-14(21)9-6-12/h5-11,17H,3-4H2,1-2H3. The molecule has 0 aliphatic heterocycles. The van der Waals surface area contributed by atoms with E-state index in [4.69, 9.17) is 21.1 Å². The van der Waals surface area contributed by atoms with Crippen LogP contribution in [0.25, 0.3) is 0 Å². The molecule has 0 bridgehead atoms. The average molecular weight is 420 g/mol. The first-order chi connectivity index (χ1) is 13.8. The molecule has 0 saturated heterocycles. The van der Waals surface area contributed by atoms with E-state index in [1.54, 1.807) is 13.8 Å². The van der Waals surface area contributed by atoms with Crippen molar-refractivity contribution in [2.75, 3.05) is 13.2 Å². The molecule has 2 rings (SSSR count). The average Bonchev–Trinajstić information content (AvgIpc) is 2.68. The topological polar surface area (TPSA) is 113 Å². The molecule has 0 aliphatic rings. The summed E-state index contributed by atoms with van der Waals surface area (Å²) < 4.78 is 9.75. The second kappa shape index (κ2) is 9.79. The van der Waals surface area contributed by atoms with Crippen LogP contribution in [0.3, 0.4) is 0 Å². The van der Waals surface area contributed by atoms with Gasteiger partial charge in [-0.15, -0.1) is 0 Å². The van der Waals surface area contributed by atoms with Crippen LogP contribution in [0.1, 0.15) is 41.3 Å². The van der Waals surface area contributed by atoms with Crippen LogP contribution < -0.4 is 0 Å². The van der Waals surface area contributed by atoms with Gasteiger partial charge in [0.2, 0.25) is 0 Å². The van der Waals surface area contributed by atoms with Crippen molar-refractivity contribution in [1.82, 2.24) is 0 Å². The number of nitrogens with zero attached hydrogens (tertiary/aromatic N) is 1. The molecule has 8 nitrogen and oxygen atoms in total. The highest BCUT2D eigenvalue weighted by molar-refractivity contribution is 6.30. The predicted octanol–water partition coefficient (Wildman–Crippen LogP) is 3.69. The smallest absolute Gasteiger partial charge is 0.325 e. The normalized spacial score (nSPS) is 10.5. The molecule has 0 aliphatic carbocycles. The van der Waals surface area contributed by atoms with Crippen molar-refractivity contribution in [3.63, 3.8) is 0 Å². The maximum atomic E-state index is 12.6. The third kappa shape index (κ3) is 5.17. The van der Waals surface area contributed by atoms with Crippen LogP contribution in [0.5, 0.6) is 0 Å². The Kier molecular flexibility index (Phi) is 7.44. The van der Waals surface area contributed by atoms with E-state index < -0.39 is 34.3 Å².